The molecule has 4 nitrogen and oxygen atoms in total. The first kappa shape index (κ1) is 23.2. The molecule has 0 aromatic heterocycles. The topological polar surface area (TPSA) is 45.5 Å². The van der Waals surface area contributed by atoms with Crippen molar-refractivity contribution in [2.24, 2.45) is 0 Å². The molecule has 4 heteroatoms. The van der Waals surface area contributed by atoms with Gasteiger partial charge >= 0.3 is 0 Å². The Balaban J connectivity index is 1.60. The maximum absolute atomic E-state index is 9.52. The lowest BCUT2D eigenvalue weighted by atomic mass is 9.80. The van der Waals surface area contributed by atoms with Crippen LogP contribution >= 0.6 is 0 Å². The quantitative estimate of drug-likeness (QED) is 0.450. The summed E-state index contributed by atoms with van der Waals surface area (Å²) in [5, 5.41) is 9.52. The van der Waals surface area contributed by atoms with Gasteiger partial charge in [-0.2, -0.15) is 5.26 Å². The number of nitrogens with zero attached hydrogens (tertiary/aromatic N) is 2. The smallest absolute Gasteiger partial charge is 0.179 e. The molecule has 1 atom stereocenters. The van der Waals surface area contributed by atoms with Crippen LogP contribution in [0, 0.1) is 18.4 Å². The third-order valence-electron chi connectivity index (χ3n) is 7.06. The van der Waals surface area contributed by atoms with Gasteiger partial charge in [0.1, 0.15) is 17.1 Å². The fraction of sp³-hybridized carbons (Fsp3) is 0.483. The average molecular weight is 445 g/mol. The van der Waals surface area contributed by atoms with Crippen molar-refractivity contribution < 1.29 is 9.47 Å². The van der Waals surface area contributed by atoms with Gasteiger partial charge in [-0.3, -0.25) is 0 Å². The Labute approximate surface area is 198 Å². The number of nitriles is 1. The van der Waals surface area contributed by atoms with Gasteiger partial charge in [-0.25, -0.2) is 0 Å². The van der Waals surface area contributed by atoms with Crippen LogP contribution in [0.3, 0.4) is 0 Å². The van der Waals surface area contributed by atoms with Crippen LogP contribution in [0.15, 0.2) is 42.0 Å². The van der Waals surface area contributed by atoms with Gasteiger partial charge in [0.15, 0.2) is 6.19 Å². The lowest BCUT2D eigenvalue weighted by molar-refractivity contribution is 0.133. The van der Waals surface area contributed by atoms with Crippen molar-refractivity contribution in [1.82, 2.24) is 4.90 Å². The highest BCUT2D eigenvalue weighted by Crippen LogP contribution is 2.49. The van der Waals surface area contributed by atoms with E-state index in [1.807, 2.05) is 11.8 Å². The molecule has 174 valence electrons. The van der Waals surface area contributed by atoms with E-state index < -0.39 is 0 Å². The summed E-state index contributed by atoms with van der Waals surface area (Å²) in [7, 11) is 0. The summed E-state index contributed by atoms with van der Waals surface area (Å²) in [4.78, 5) is 1.83. The number of hydrogen-bond donors (Lipinski definition) is 0. The third kappa shape index (κ3) is 4.88. The van der Waals surface area contributed by atoms with Crippen LogP contribution in [0.2, 0.25) is 0 Å². The van der Waals surface area contributed by atoms with Gasteiger partial charge in [0.25, 0.3) is 0 Å². The number of hydrogen-bond acceptors (Lipinski definition) is 4. The molecule has 2 aromatic rings. The number of benzene rings is 2. The van der Waals surface area contributed by atoms with Crippen LogP contribution in [-0.4, -0.2) is 30.2 Å². The van der Waals surface area contributed by atoms with Gasteiger partial charge in [0.2, 0.25) is 0 Å². The Kier molecular flexibility index (Phi) is 6.70. The molecule has 0 radical (unpaired) electrons. The number of aryl methyl sites for hydroxylation is 2. The summed E-state index contributed by atoms with van der Waals surface area (Å²) >= 11 is 0. The molecular weight excluding hydrogens is 408 g/mol. The first-order chi connectivity index (χ1) is 15.8. The highest BCUT2D eigenvalue weighted by molar-refractivity contribution is 5.82. The Morgan fingerprint density at radius 1 is 1.21 bits per heavy atom. The second-order valence-corrected chi connectivity index (χ2v) is 9.95. The monoisotopic (exact) mass is 444 g/mol. The molecule has 33 heavy (non-hydrogen) atoms. The Bertz CT molecular complexity index is 1080. The molecule has 2 heterocycles. The predicted octanol–water partition coefficient (Wildman–Crippen LogP) is 6.63. The molecule has 0 fully saturated rings. The molecule has 1 unspecified atom stereocenters. The van der Waals surface area contributed by atoms with Crippen molar-refractivity contribution in [2.75, 3.05) is 19.7 Å². The second-order valence-electron chi connectivity index (χ2n) is 9.95. The molecule has 0 spiro atoms. The van der Waals surface area contributed by atoms with Gasteiger partial charge in [-0.1, -0.05) is 36.8 Å². The summed E-state index contributed by atoms with van der Waals surface area (Å²) < 4.78 is 12.7. The molecule has 0 saturated heterocycles. The van der Waals surface area contributed by atoms with E-state index in [0.29, 0.717) is 19.1 Å². The van der Waals surface area contributed by atoms with E-state index in [1.165, 1.54) is 27.8 Å². The lowest BCUT2D eigenvalue weighted by Gasteiger charge is -2.41. The largest absolute Gasteiger partial charge is 0.493 e. The minimum atomic E-state index is -0.374. The summed E-state index contributed by atoms with van der Waals surface area (Å²) in [6, 6.07) is 13.3. The van der Waals surface area contributed by atoms with E-state index in [9.17, 15) is 5.26 Å². The third-order valence-corrected chi connectivity index (χ3v) is 7.06. The van der Waals surface area contributed by atoms with Crippen LogP contribution in [0.5, 0.6) is 11.5 Å². The zero-order valence-corrected chi connectivity index (χ0v) is 20.7. The average Bonchev–Trinajstić information content (AvgIpc) is 2.79. The van der Waals surface area contributed by atoms with Gasteiger partial charge in [0, 0.05) is 6.54 Å². The normalized spacial score (nSPS) is 17.5. The van der Waals surface area contributed by atoms with Gasteiger partial charge in [-0.15, -0.1) is 0 Å². The Morgan fingerprint density at radius 3 is 2.67 bits per heavy atom. The van der Waals surface area contributed by atoms with Crippen LogP contribution in [-0.2, 0) is 6.42 Å². The van der Waals surface area contributed by atoms with E-state index in [4.69, 9.17) is 9.47 Å². The lowest BCUT2D eigenvalue weighted by Crippen LogP contribution is -2.41. The molecule has 0 bridgehead atoms. The van der Waals surface area contributed by atoms with E-state index in [2.05, 4.69) is 70.3 Å². The van der Waals surface area contributed by atoms with Crippen LogP contribution in [0.1, 0.15) is 75.1 Å². The van der Waals surface area contributed by atoms with Crippen molar-refractivity contribution in [3.8, 4) is 17.7 Å². The number of fused-ring (bicyclic) bond motifs is 2. The molecule has 0 amide bonds. The predicted molar refractivity (Wildman–Crippen MR) is 134 cm³/mol. The fourth-order valence-corrected chi connectivity index (χ4v) is 5.15. The Morgan fingerprint density at radius 2 is 1.97 bits per heavy atom. The highest BCUT2D eigenvalue weighted by Gasteiger charge is 2.39. The van der Waals surface area contributed by atoms with E-state index >= 15 is 0 Å². The molecule has 0 N–H and O–H groups in total. The maximum atomic E-state index is 9.52. The zero-order valence-electron chi connectivity index (χ0n) is 20.7. The molecule has 0 aliphatic carbocycles. The molecule has 2 aliphatic heterocycles. The molecule has 2 aliphatic rings. The standard InChI is InChI=1S/C29H36N2O2/c1-6-32-26-16-23(21(3)8-7-9-22-12-10-20(2)11-13-22)17-27-28(26)24-18-31(19-30)15-14-25(24)29(4,5)33-27/h10-13,16-17,21H,6-9,14-15,18H2,1-5H3. The number of ether oxygens (including phenoxy) is 2. The second kappa shape index (κ2) is 9.51. The number of rotatable bonds is 7. The van der Waals surface area contributed by atoms with Crippen LogP contribution < -0.4 is 9.47 Å². The van der Waals surface area contributed by atoms with E-state index in [0.717, 1.165) is 49.3 Å². The SMILES string of the molecule is CCOc1cc(C(C)CCCc2ccc(C)cc2)cc2c1C1=C(CCN(C#N)C1)C(C)(C)O2. The fourth-order valence-electron chi connectivity index (χ4n) is 5.15. The van der Waals surface area contributed by atoms with Crippen LogP contribution in [0.25, 0.3) is 5.57 Å². The van der Waals surface area contributed by atoms with E-state index in [1.54, 1.807) is 0 Å². The van der Waals surface area contributed by atoms with E-state index in [-0.39, 0.29) is 5.60 Å². The molecule has 0 saturated carbocycles. The summed E-state index contributed by atoms with van der Waals surface area (Å²) in [5.74, 6) is 2.19. The van der Waals surface area contributed by atoms with Crippen molar-refractivity contribution in [3.63, 3.8) is 0 Å². The maximum Gasteiger partial charge on any atom is 0.179 e. The Hall–Kier alpha value is -2.93. The molecular formula is C29H36N2O2. The van der Waals surface area contributed by atoms with Crippen molar-refractivity contribution >= 4 is 5.57 Å². The van der Waals surface area contributed by atoms with Crippen molar-refractivity contribution in [2.45, 2.75) is 71.8 Å². The van der Waals surface area contributed by atoms with Crippen molar-refractivity contribution in [3.05, 3.63) is 64.2 Å². The highest BCUT2D eigenvalue weighted by atomic mass is 16.5. The zero-order chi connectivity index (χ0) is 23.6. The minimum absolute atomic E-state index is 0.374. The summed E-state index contributed by atoms with van der Waals surface area (Å²) in [6.07, 6.45) is 6.53. The molecule has 4 rings (SSSR count). The summed E-state index contributed by atoms with van der Waals surface area (Å²) in [6.45, 7) is 12.7. The van der Waals surface area contributed by atoms with Gasteiger partial charge < -0.3 is 14.4 Å². The van der Waals surface area contributed by atoms with Crippen LogP contribution in [0.4, 0.5) is 0 Å². The van der Waals surface area contributed by atoms with Gasteiger partial charge in [0.05, 0.1) is 18.7 Å². The molecule has 2 aromatic carbocycles. The first-order valence-corrected chi connectivity index (χ1v) is 12.2. The minimum Gasteiger partial charge on any atom is -0.493 e. The summed E-state index contributed by atoms with van der Waals surface area (Å²) in [5.41, 5.74) is 7.13. The van der Waals surface area contributed by atoms with Gasteiger partial charge in [-0.05, 0) is 93.7 Å². The first-order valence-electron chi connectivity index (χ1n) is 12.2. The van der Waals surface area contributed by atoms with Crippen molar-refractivity contribution in [1.29, 1.82) is 5.26 Å².